The maximum absolute atomic E-state index is 13.9. The van der Waals surface area contributed by atoms with Crippen LogP contribution >= 0.6 is 0 Å². The number of halogens is 1. The number of aryl methyl sites for hydroxylation is 1. The lowest BCUT2D eigenvalue weighted by Gasteiger charge is -2.36. The van der Waals surface area contributed by atoms with Gasteiger partial charge in [-0.25, -0.2) is 9.37 Å². The van der Waals surface area contributed by atoms with Crippen LogP contribution in [0.5, 0.6) is 0 Å². The van der Waals surface area contributed by atoms with Crippen LogP contribution in [0, 0.1) is 18.7 Å². The van der Waals surface area contributed by atoms with E-state index in [9.17, 15) is 9.18 Å². The molecule has 1 aliphatic heterocycles. The van der Waals surface area contributed by atoms with Gasteiger partial charge < -0.3 is 15.5 Å². The van der Waals surface area contributed by atoms with Crippen LogP contribution < -0.4 is 15.5 Å². The van der Waals surface area contributed by atoms with Crippen molar-refractivity contribution in [1.82, 2.24) is 19.7 Å². The number of carbonyl (C=O) groups excluding carboxylic acids is 1. The molecular weight excluding hydrogens is 397 g/mol. The lowest BCUT2D eigenvalue weighted by molar-refractivity contribution is -0.118. The topological polar surface area (TPSA) is 88.0 Å². The fourth-order valence-corrected chi connectivity index (χ4v) is 3.86. The second-order valence-corrected chi connectivity index (χ2v) is 8.11. The van der Waals surface area contributed by atoms with E-state index >= 15 is 0 Å². The number of hydrogen-bond donors (Lipinski definition) is 2. The summed E-state index contributed by atoms with van der Waals surface area (Å²) < 4.78 is 15.6. The van der Waals surface area contributed by atoms with Gasteiger partial charge in [-0.3, -0.25) is 9.48 Å². The number of nitrogens with zero attached hydrogens (tertiary/aromatic N) is 5. The summed E-state index contributed by atoms with van der Waals surface area (Å²) in [5.74, 6) is 1.03. The van der Waals surface area contributed by atoms with Gasteiger partial charge in [0.25, 0.3) is 0 Å². The Balaban J connectivity index is 1.48. The van der Waals surface area contributed by atoms with Crippen LogP contribution in [-0.2, 0) is 17.9 Å². The minimum Gasteiger partial charge on any atom is -0.350 e. The summed E-state index contributed by atoms with van der Waals surface area (Å²) in [6.07, 6.45) is 3.60. The van der Waals surface area contributed by atoms with Gasteiger partial charge in [0.15, 0.2) is 5.82 Å². The Morgan fingerprint density at radius 3 is 2.77 bits per heavy atom. The molecular formula is C22H26FN7O. The molecule has 0 fully saturated rings. The van der Waals surface area contributed by atoms with Gasteiger partial charge in [0, 0.05) is 30.9 Å². The Morgan fingerprint density at radius 1 is 1.26 bits per heavy atom. The standard InChI is InChI=1S/C22H26FN7O/c1-13(2)19-21(31)27-18-14(3)26-22(28-20(18)29(19)4)24-9-15-10-25-30(11-15)12-16-7-5-6-8-17(16)23/h5-8,10-11,13,19H,9,12H2,1-4H3,(H,27,31)(H,24,26,28)/t19-/m0/s1. The highest BCUT2D eigenvalue weighted by molar-refractivity contribution is 6.03. The summed E-state index contributed by atoms with van der Waals surface area (Å²) >= 11 is 0. The van der Waals surface area contributed by atoms with Gasteiger partial charge in [0.05, 0.1) is 18.4 Å². The van der Waals surface area contributed by atoms with E-state index in [1.807, 2.05) is 45.0 Å². The zero-order chi connectivity index (χ0) is 22.1. The second kappa shape index (κ2) is 8.33. The van der Waals surface area contributed by atoms with Crippen molar-refractivity contribution in [2.45, 2.75) is 39.9 Å². The van der Waals surface area contributed by atoms with Crippen LogP contribution in [0.25, 0.3) is 0 Å². The monoisotopic (exact) mass is 423 g/mol. The highest BCUT2D eigenvalue weighted by atomic mass is 19.1. The first-order valence-electron chi connectivity index (χ1n) is 10.2. The predicted molar refractivity (Wildman–Crippen MR) is 117 cm³/mol. The smallest absolute Gasteiger partial charge is 0.247 e. The van der Waals surface area contributed by atoms with Crippen molar-refractivity contribution < 1.29 is 9.18 Å². The Hall–Kier alpha value is -3.49. The molecule has 0 saturated heterocycles. The summed E-state index contributed by atoms with van der Waals surface area (Å²) in [5.41, 5.74) is 2.86. The van der Waals surface area contributed by atoms with E-state index in [1.54, 1.807) is 23.0 Å². The molecule has 1 amide bonds. The van der Waals surface area contributed by atoms with Crippen molar-refractivity contribution >= 4 is 23.4 Å². The van der Waals surface area contributed by atoms with Crippen molar-refractivity contribution in [3.63, 3.8) is 0 Å². The van der Waals surface area contributed by atoms with Gasteiger partial charge in [0.1, 0.15) is 17.5 Å². The number of amides is 1. The lowest BCUT2D eigenvalue weighted by atomic mass is 9.99. The normalized spacial score (nSPS) is 15.7. The molecule has 3 heterocycles. The molecule has 3 aromatic rings. The van der Waals surface area contributed by atoms with E-state index in [2.05, 4.69) is 25.7 Å². The summed E-state index contributed by atoms with van der Waals surface area (Å²) in [6, 6.07) is 6.39. The molecule has 31 heavy (non-hydrogen) atoms. The number of rotatable bonds is 6. The quantitative estimate of drug-likeness (QED) is 0.633. The molecule has 0 bridgehead atoms. The van der Waals surface area contributed by atoms with Crippen molar-refractivity contribution in [2.75, 3.05) is 22.6 Å². The first kappa shape index (κ1) is 20.8. The Labute approximate surface area is 180 Å². The summed E-state index contributed by atoms with van der Waals surface area (Å²) in [4.78, 5) is 23.5. The maximum Gasteiger partial charge on any atom is 0.247 e. The average Bonchev–Trinajstić information content (AvgIpc) is 3.16. The van der Waals surface area contributed by atoms with Crippen molar-refractivity contribution in [2.24, 2.45) is 5.92 Å². The second-order valence-electron chi connectivity index (χ2n) is 8.11. The van der Waals surface area contributed by atoms with E-state index < -0.39 is 0 Å². The summed E-state index contributed by atoms with van der Waals surface area (Å²) in [5, 5.41) is 10.5. The lowest BCUT2D eigenvalue weighted by Crippen LogP contribution is -2.49. The molecule has 9 heteroatoms. The van der Waals surface area contributed by atoms with E-state index in [4.69, 9.17) is 0 Å². The van der Waals surface area contributed by atoms with Gasteiger partial charge in [-0.05, 0) is 18.9 Å². The van der Waals surface area contributed by atoms with Gasteiger partial charge >= 0.3 is 0 Å². The highest BCUT2D eigenvalue weighted by Crippen LogP contribution is 2.34. The molecule has 0 saturated carbocycles. The van der Waals surface area contributed by atoms with Crippen LogP contribution in [-0.4, -0.2) is 38.7 Å². The van der Waals surface area contributed by atoms with Gasteiger partial charge in [-0.15, -0.1) is 0 Å². The molecule has 162 valence electrons. The number of anilines is 3. The molecule has 0 unspecified atom stereocenters. The van der Waals surface area contributed by atoms with Crippen molar-refractivity contribution in [3.8, 4) is 0 Å². The fraction of sp³-hybridized carbons (Fsp3) is 0.364. The van der Waals surface area contributed by atoms with E-state index in [0.29, 0.717) is 41.8 Å². The molecule has 0 spiro atoms. The number of likely N-dealkylation sites (N-methyl/N-ethyl adjacent to an activating group) is 1. The minimum atomic E-state index is -0.286. The predicted octanol–water partition coefficient (Wildman–Crippen LogP) is 3.19. The van der Waals surface area contributed by atoms with E-state index in [1.165, 1.54) is 6.07 Å². The molecule has 2 aromatic heterocycles. The Kier molecular flexibility index (Phi) is 5.58. The Bertz CT molecular complexity index is 1110. The first-order valence-corrected chi connectivity index (χ1v) is 10.2. The number of fused-ring (bicyclic) bond motifs is 1. The van der Waals surface area contributed by atoms with Gasteiger partial charge in [-0.2, -0.15) is 10.1 Å². The third kappa shape index (κ3) is 4.21. The maximum atomic E-state index is 13.9. The zero-order valence-electron chi connectivity index (χ0n) is 18.1. The van der Waals surface area contributed by atoms with Crippen molar-refractivity contribution in [3.05, 3.63) is 59.3 Å². The van der Waals surface area contributed by atoms with E-state index in [-0.39, 0.29) is 23.7 Å². The first-order chi connectivity index (χ1) is 14.8. The molecule has 2 N–H and O–H groups in total. The molecule has 8 nitrogen and oxygen atoms in total. The zero-order valence-corrected chi connectivity index (χ0v) is 18.1. The minimum absolute atomic E-state index is 0.0420. The number of hydrogen-bond acceptors (Lipinski definition) is 6. The third-order valence-electron chi connectivity index (χ3n) is 5.40. The molecule has 0 aliphatic carbocycles. The summed E-state index contributed by atoms with van der Waals surface area (Å²) in [6.45, 7) is 6.71. The van der Waals surface area contributed by atoms with Crippen LogP contribution in [0.2, 0.25) is 0 Å². The van der Waals surface area contributed by atoms with Gasteiger partial charge in [-0.1, -0.05) is 32.0 Å². The van der Waals surface area contributed by atoms with Crippen LogP contribution in [0.3, 0.4) is 0 Å². The number of carbonyl (C=O) groups is 1. The molecule has 4 rings (SSSR count). The highest BCUT2D eigenvalue weighted by Gasteiger charge is 2.35. The molecule has 1 aliphatic rings. The molecule has 1 aromatic carbocycles. The van der Waals surface area contributed by atoms with Crippen molar-refractivity contribution in [1.29, 1.82) is 0 Å². The van der Waals surface area contributed by atoms with E-state index in [0.717, 1.165) is 5.56 Å². The SMILES string of the molecule is Cc1nc(NCc2cnn(Cc3ccccc3F)c2)nc2c1NC(=O)[C@H](C(C)C)N2C. The largest absolute Gasteiger partial charge is 0.350 e. The third-order valence-corrected chi connectivity index (χ3v) is 5.40. The number of aromatic nitrogens is 4. The van der Waals surface area contributed by atoms with Crippen LogP contribution in [0.15, 0.2) is 36.7 Å². The number of nitrogens with one attached hydrogen (secondary N) is 2. The average molecular weight is 423 g/mol. The van der Waals surface area contributed by atoms with Crippen LogP contribution in [0.4, 0.5) is 21.8 Å². The Morgan fingerprint density at radius 2 is 2.03 bits per heavy atom. The molecule has 0 radical (unpaired) electrons. The number of benzene rings is 1. The molecule has 1 atom stereocenters. The summed E-state index contributed by atoms with van der Waals surface area (Å²) in [7, 11) is 1.88. The fourth-order valence-electron chi connectivity index (χ4n) is 3.86. The van der Waals surface area contributed by atoms with Gasteiger partial charge in [0.2, 0.25) is 11.9 Å². The van der Waals surface area contributed by atoms with Crippen LogP contribution in [0.1, 0.15) is 30.7 Å².